The van der Waals surface area contributed by atoms with E-state index >= 15 is 0 Å². The van der Waals surface area contributed by atoms with Crippen LogP contribution in [0.1, 0.15) is 72.5 Å². The molecule has 0 radical (unpaired) electrons. The van der Waals surface area contributed by atoms with Gasteiger partial charge in [-0.05, 0) is 50.7 Å². The van der Waals surface area contributed by atoms with Gasteiger partial charge in [0.25, 0.3) is 0 Å². The van der Waals surface area contributed by atoms with Gasteiger partial charge < -0.3 is 28.8 Å². The molecule has 3 aliphatic carbocycles. The van der Waals surface area contributed by atoms with Gasteiger partial charge in [-0.2, -0.15) is 0 Å². The van der Waals surface area contributed by atoms with Gasteiger partial charge in [-0.25, -0.2) is 9.59 Å². The molecule has 5 rings (SSSR count). The largest absolute Gasteiger partial charge is 0.472 e. The molecule has 1 aromatic heterocycles. The van der Waals surface area contributed by atoms with Gasteiger partial charge >= 0.3 is 17.9 Å². The van der Waals surface area contributed by atoms with Crippen LogP contribution in [0.25, 0.3) is 0 Å². The predicted molar refractivity (Wildman–Crippen MR) is 147 cm³/mol. The molecule has 0 aromatic carbocycles. The number of ketones is 1. The van der Waals surface area contributed by atoms with E-state index in [1.54, 1.807) is 53.0 Å². The zero-order valence-corrected chi connectivity index (χ0v) is 25.1. The van der Waals surface area contributed by atoms with Crippen molar-refractivity contribution in [3.63, 3.8) is 0 Å². The summed E-state index contributed by atoms with van der Waals surface area (Å²) in [5.41, 5.74) is -4.00. The summed E-state index contributed by atoms with van der Waals surface area (Å²) in [5, 5.41) is 23.9. The van der Waals surface area contributed by atoms with Gasteiger partial charge in [0.05, 0.1) is 26.1 Å². The van der Waals surface area contributed by atoms with Crippen LogP contribution in [-0.2, 0) is 33.4 Å². The Kier molecular flexibility index (Phi) is 7.13. The van der Waals surface area contributed by atoms with Crippen LogP contribution < -0.4 is 0 Å². The number of esters is 3. The van der Waals surface area contributed by atoms with Gasteiger partial charge in [0.2, 0.25) is 0 Å². The number of hydrogen-bond donors (Lipinski definition) is 2. The lowest BCUT2D eigenvalue weighted by Crippen LogP contribution is -2.76. The number of allylic oxidation sites excluding steroid dienone is 2. The lowest BCUT2D eigenvalue weighted by Gasteiger charge is -2.66. The van der Waals surface area contributed by atoms with E-state index in [2.05, 4.69) is 0 Å². The number of aliphatic hydroxyl groups excluding tert-OH is 1. The average molecular weight is 585 g/mol. The molecule has 0 unspecified atom stereocenters. The third-order valence-electron chi connectivity index (χ3n) is 10.9. The maximum absolute atomic E-state index is 14.5. The summed E-state index contributed by atoms with van der Waals surface area (Å²) in [6.07, 6.45) is 3.32. The van der Waals surface area contributed by atoms with Gasteiger partial charge in [0.15, 0.2) is 17.5 Å². The van der Waals surface area contributed by atoms with Crippen LogP contribution in [0.15, 0.2) is 46.3 Å². The van der Waals surface area contributed by atoms with E-state index in [-0.39, 0.29) is 12.0 Å². The highest BCUT2D eigenvalue weighted by Gasteiger charge is 2.75. The van der Waals surface area contributed by atoms with Crippen molar-refractivity contribution in [2.45, 2.75) is 84.7 Å². The summed E-state index contributed by atoms with van der Waals surface area (Å²) in [5.74, 6) is -4.80. The van der Waals surface area contributed by atoms with Gasteiger partial charge in [-0.3, -0.25) is 9.59 Å². The molecule has 1 aliphatic heterocycles. The Morgan fingerprint density at radius 2 is 1.86 bits per heavy atom. The fourth-order valence-corrected chi connectivity index (χ4v) is 8.80. The first-order valence-corrected chi connectivity index (χ1v) is 14.4. The highest BCUT2D eigenvalue weighted by molar-refractivity contribution is 6.00. The number of Topliss-reactive ketones (excluding diaryl/α,β-unsaturated/α-hetero) is 1. The van der Waals surface area contributed by atoms with Crippen molar-refractivity contribution in [3.05, 3.63) is 47.5 Å². The van der Waals surface area contributed by atoms with E-state index in [1.165, 1.54) is 12.3 Å². The zero-order chi connectivity index (χ0) is 31.0. The van der Waals surface area contributed by atoms with Crippen molar-refractivity contribution in [2.75, 3.05) is 7.11 Å². The van der Waals surface area contributed by atoms with E-state index < -0.39 is 81.6 Å². The van der Waals surface area contributed by atoms with E-state index in [0.717, 1.165) is 7.11 Å². The molecule has 1 saturated heterocycles. The minimum Gasteiger partial charge on any atom is -0.472 e. The Morgan fingerprint density at radius 3 is 2.45 bits per heavy atom. The second kappa shape index (κ2) is 9.91. The SMILES string of the molecule is C/C=C(\C)C(=O)O[C@H]1C(C)(C)[C@H]([C@@H](O)C(=O)OC)[C@]2(C)C(=O)[C@@]1(O)C=C1[C@@H]3CC(=O)O[C@@H](c4ccoc4)[C@]3(C)CC[C@@H]12. The average Bonchev–Trinajstić information content (AvgIpc) is 3.47. The number of hydrogen-bond acceptors (Lipinski definition) is 10. The molecule has 2 heterocycles. The highest BCUT2D eigenvalue weighted by atomic mass is 16.6. The molecule has 2 N–H and O–H groups in total. The maximum Gasteiger partial charge on any atom is 0.335 e. The Morgan fingerprint density at radius 1 is 1.17 bits per heavy atom. The van der Waals surface area contributed by atoms with Crippen molar-refractivity contribution in [3.8, 4) is 0 Å². The number of furan rings is 1. The third kappa shape index (κ3) is 3.97. The smallest absolute Gasteiger partial charge is 0.335 e. The second-order valence-corrected chi connectivity index (χ2v) is 13.4. The molecule has 2 bridgehead atoms. The molecular weight excluding hydrogens is 544 g/mol. The molecule has 228 valence electrons. The van der Waals surface area contributed by atoms with Crippen LogP contribution in [0.4, 0.5) is 0 Å². The molecule has 10 heteroatoms. The minimum atomic E-state index is -2.29. The second-order valence-electron chi connectivity index (χ2n) is 13.4. The summed E-state index contributed by atoms with van der Waals surface area (Å²) < 4.78 is 22.0. The van der Waals surface area contributed by atoms with Gasteiger partial charge in [0, 0.05) is 33.3 Å². The lowest BCUT2D eigenvalue weighted by atomic mass is 9.39. The number of carbonyl (C=O) groups excluding carboxylic acids is 4. The number of aliphatic hydroxyl groups is 2. The standard InChI is InChI=1S/C32H40O10/c1-8-16(2)25(35)42-28-29(3,4)23(22(34)26(36)39-7)31(6)19-9-11-30(5)20(18(19)14-32(28,38)27(31)37)13-21(33)41-24(30)17-10-12-40-15-17/h8,10,12,14-15,19-20,22-24,28,34,38H,9,11,13H2,1-7H3/b16-8+/t19-,20-,22+,23-,24-,28-,30+,31+,32-/m0/s1. The Hall–Kier alpha value is -3.24. The van der Waals surface area contributed by atoms with Gasteiger partial charge in [-0.1, -0.05) is 39.3 Å². The van der Waals surface area contributed by atoms with E-state index in [1.807, 2.05) is 6.92 Å². The lowest BCUT2D eigenvalue weighted by molar-refractivity contribution is -0.235. The zero-order valence-electron chi connectivity index (χ0n) is 25.1. The molecule has 10 nitrogen and oxygen atoms in total. The summed E-state index contributed by atoms with van der Waals surface area (Å²) in [6.45, 7) is 10.3. The van der Waals surface area contributed by atoms with Crippen molar-refractivity contribution < 1.29 is 48.0 Å². The summed E-state index contributed by atoms with van der Waals surface area (Å²) in [7, 11) is 1.15. The molecule has 1 aromatic rings. The Bertz CT molecular complexity index is 1370. The first-order valence-electron chi connectivity index (χ1n) is 14.4. The van der Waals surface area contributed by atoms with Crippen molar-refractivity contribution in [2.24, 2.45) is 34.0 Å². The first-order chi connectivity index (χ1) is 19.6. The Balaban J connectivity index is 1.73. The summed E-state index contributed by atoms with van der Waals surface area (Å²) >= 11 is 0. The fourth-order valence-electron chi connectivity index (χ4n) is 8.80. The number of ether oxygens (including phenoxy) is 3. The van der Waals surface area contributed by atoms with Gasteiger partial charge in [-0.15, -0.1) is 0 Å². The first kappa shape index (κ1) is 30.2. The maximum atomic E-state index is 14.5. The van der Waals surface area contributed by atoms with Crippen LogP contribution in [0.3, 0.4) is 0 Å². The van der Waals surface area contributed by atoms with Crippen molar-refractivity contribution in [1.29, 1.82) is 0 Å². The quantitative estimate of drug-likeness (QED) is 0.227. The topological polar surface area (TPSA) is 150 Å². The molecule has 3 fully saturated rings. The van der Waals surface area contributed by atoms with E-state index in [9.17, 15) is 29.4 Å². The van der Waals surface area contributed by atoms with Crippen LogP contribution in [0.5, 0.6) is 0 Å². The normalized spacial score (nSPS) is 39.7. The number of cyclic esters (lactones) is 1. The van der Waals surface area contributed by atoms with E-state index in [4.69, 9.17) is 18.6 Å². The van der Waals surface area contributed by atoms with Crippen LogP contribution >= 0.6 is 0 Å². The molecule has 0 amide bonds. The molecule has 2 saturated carbocycles. The van der Waals surface area contributed by atoms with Crippen molar-refractivity contribution in [1.82, 2.24) is 0 Å². The van der Waals surface area contributed by atoms with Crippen LogP contribution in [-0.4, -0.2) is 58.8 Å². The summed E-state index contributed by atoms with van der Waals surface area (Å²) in [4.78, 5) is 53.6. The number of methoxy groups -OCH3 is 1. The monoisotopic (exact) mass is 584 g/mol. The van der Waals surface area contributed by atoms with Crippen LogP contribution in [0.2, 0.25) is 0 Å². The highest BCUT2D eigenvalue weighted by Crippen LogP contribution is 2.69. The number of fused-ring (bicyclic) bond motifs is 6. The molecule has 9 atom stereocenters. The Labute approximate surface area is 245 Å². The molecule has 42 heavy (non-hydrogen) atoms. The third-order valence-corrected chi connectivity index (χ3v) is 10.9. The number of carbonyl (C=O) groups is 4. The summed E-state index contributed by atoms with van der Waals surface area (Å²) in [6, 6.07) is 1.75. The molecular formula is C32H40O10. The minimum absolute atomic E-state index is 0.0171. The van der Waals surface area contributed by atoms with Crippen LogP contribution in [0, 0.1) is 34.0 Å². The predicted octanol–water partition coefficient (Wildman–Crippen LogP) is 3.61. The van der Waals surface area contributed by atoms with Crippen molar-refractivity contribution >= 4 is 23.7 Å². The van der Waals surface area contributed by atoms with E-state index in [0.29, 0.717) is 24.0 Å². The van der Waals surface area contributed by atoms with Gasteiger partial charge in [0.1, 0.15) is 12.2 Å². The number of rotatable bonds is 5. The fraction of sp³-hybridized carbons (Fsp3) is 0.625. The molecule has 0 spiro atoms. The molecule has 4 aliphatic rings.